The van der Waals surface area contributed by atoms with Gasteiger partial charge >= 0.3 is 0 Å². The van der Waals surface area contributed by atoms with E-state index in [2.05, 4.69) is 10.3 Å². The zero-order chi connectivity index (χ0) is 16.8. The Kier molecular flexibility index (Phi) is 4.86. The minimum atomic E-state index is 0.192. The molecule has 0 atom stereocenters. The number of benzene rings is 2. The van der Waals surface area contributed by atoms with Crippen LogP contribution in [0.4, 0.5) is 0 Å². The maximum absolute atomic E-state index is 11.2. The lowest BCUT2D eigenvalue weighted by atomic mass is 10.2. The van der Waals surface area contributed by atoms with Gasteiger partial charge in [0.25, 0.3) is 0 Å². The summed E-state index contributed by atoms with van der Waals surface area (Å²) in [7, 11) is 0. The molecule has 3 rings (SSSR count). The molecular weight excluding hydrogens is 306 g/mol. The predicted molar refractivity (Wildman–Crippen MR) is 88.7 cm³/mol. The van der Waals surface area contributed by atoms with Crippen molar-refractivity contribution in [2.24, 2.45) is 0 Å². The smallest absolute Gasteiger partial charge is 0.172 e. The van der Waals surface area contributed by atoms with Gasteiger partial charge in [-0.2, -0.15) is 0 Å². The summed E-state index contributed by atoms with van der Waals surface area (Å²) in [6.07, 6.45) is 2.54. The zero-order valence-corrected chi connectivity index (χ0v) is 13.3. The summed E-state index contributed by atoms with van der Waals surface area (Å²) in [4.78, 5) is 11.2. The Bertz CT molecular complexity index is 815. The fourth-order valence-electron chi connectivity index (χ4n) is 2.27. The van der Waals surface area contributed by atoms with Crippen LogP contribution in [0.15, 0.2) is 54.7 Å². The van der Waals surface area contributed by atoms with Crippen molar-refractivity contribution in [1.82, 2.24) is 15.0 Å². The molecule has 3 aromatic rings. The van der Waals surface area contributed by atoms with Crippen molar-refractivity contribution in [2.75, 3.05) is 6.61 Å². The van der Waals surface area contributed by atoms with Gasteiger partial charge in [0.2, 0.25) is 0 Å². The highest BCUT2D eigenvalue weighted by Crippen LogP contribution is 2.31. The van der Waals surface area contributed by atoms with Crippen LogP contribution in [0.2, 0.25) is 0 Å². The standard InChI is InChI=1S/C18H17N3O3/c1-2-23-17-10-6-7-14(12-22)18(17)24-13-15-11-21(20-19-15)16-8-4-3-5-9-16/h3-12H,2,13H2,1H3. The molecule has 0 saturated carbocycles. The third-order valence-corrected chi connectivity index (χ3v) is 3.36. The van der Waals surface area contributed by atoms with Gasteiger partial charge in [0.05, 0.1) is 24.1 Å². The topological polar surface area (TPSA) is 66.2 Å². The Morgan fingerprint density at radius 1 is 1.08 bits per heavy atom. The van der Waals surface area contributed by atoms with Gasteiger partial charge in [0, 0.05) is 0 Å². The van der Waals surface area contributed by atoms with Crippen molar-refractivity contribution < 1.29 is 14.3 Å². The zero-order valence-electron chi connectivity index (χ0n) is 13.3. The maximum Gasteiger partial charge on any atom is 0.172 e. The van der Waals surface area contributed by atoms with Crippen molar-refractivity contribution in [3.63, 3.8) is 0 Å². The summed E-state index contributed by atoms with van der Waals surface area (Å²) >= 11 is 0. The van der Waals surface area contributed by atoms with E-state index in [-0.39, 0.29) is 6.61 Å². The second kappa shape index (κ2) is 7.41. The molecule has 0 amide bonds. The molecule has 0 fully saturated rings. The quantitative estimate of drug-likeness (QED) is 0.625. The number of aromatic nitrogens is 3. The summed E-state index contributed by atoms with van der Waals surface area (Å²) < 4.78 is 13.0. The van der Waals surface area contributed by atoms with Crippen molar-refractivity contribution in [3.05, 3.63) is 66.0 Å². The third-order valence-electron chi connectivity index (χ3n) is 3.36. The van der Waals surface area contributed by atoms with Gasteiger partial charge in [-0.15, -0.1) is 5.10 Å². The average molecular weight is 323 g/mol. The van der Waals surface area contributed by atoms with E-state index < -0.39 is 0 Å². The first-order valence-electron chi connectivity index (χ1n) is 7.62. The second-order valence-corrected chi connectivity index (χ2v) is 5.00. The van der Waals surface area contributed by atoms with Crippen LogP contribution < -0.4 is 9.47 Å². The van der Waals surface area contributed by atoms with Gasteiger partial charge in [-0.1, -0.05) is 29.5 Å². The highest BCUT2D eigenvalue weighted by molar-refractivity contribution is 5.81. The Balaban J connectivity index is 1.77. The van der Waals surface area contributed by atoms with Gasteiger partial charge in [0.15, 0.2) is 17.8 Å². The van der Waals surface area contributed by atoms with Crippen LogP contribution in [0.25, 0.3) is 5.69 Å². The summed E-state index contributed by atoms with van der Waals surface area (Å²) in [6.45, 7) is 2.56. The Labute approximate surface area is 139 Å². The Morgan fingerprint density at radius 3 is 2.67 bits per heavy atom. The molecule has 1 aromatic heterocycles. The van der Waals surface area contributed by atoms with Gasteiger partial charge in [-0.3, -0.25) is 4.79 Å². The summed E-state index contributed by atoms with van der Waals surface area (Å²) in [5, 5.41) is 8.18. The number of para-hydroxylation sites is 2. The van der Waals surface area contributed by atoms with Crippen molar-refractivity contribution in [1.29, 1.82) is 0 Å². The first-order valence-corrected chi connectivity index (χ1v) is 7.62. The van der Waals surface area contributed by atoms with Crippen LogP contribution in [-0.4, -0.2) is 27.9 Å². The molecule has 1 heterocycles. The van der Waals surface area contributed by atoms with E-state index in [1.807, 2.05) is 37.3 Å². The predicted octanol–water partition coefficient (Wildman–Crippen LogP) is 3.06. The van der Waals surface area contributed by atoms with Gasteiger partial charge < -0.3 is 9.47 Å². The van der Waals surface area contributed by atoms with Crippen LogP contribution in [0.3, 0.4) is 0 Å². The van der Waals surface area contributed by atoms with Crippen LogP contribution >= 0.6 is 0 Å². The fraction of sp³-hybridized carbons (Fsp3) is 0.167. The van der Waals surface area contributed by atoms with Gasteiger partial charge in [0.1, 0.15) is 12.3 Å². The highest BCUT2D eigenvalue weighted by Gasteiger charge is 2.12. The lowest BCUT2D eigenvalue weighted by Gasteiger charge is -2.12. The Morgan fingerprint density at radius 2 is 1.92 bits per heavy atom. The normalized spacial score (nSPS) is 10.4. The molecule has 0 aliphatic heterocycles. The largest absolute Gasteiger partial charge is 0.490 e. The molecule has 0 bridgehead atoms. The first kappa shape index (κ1) is 15.7. The highest BCUT2D eigenvalue weighted by atomic mass is 16.5. The maximum atomic E-state index is 11.2. The molecule has 0 radical (unpaired) electrons. The summed E-state index contributed by atoms with van der Waals surface area (Å²) in [5.41, 5.74) is 2.01. The fourth-order valence-corrected chi connectivity index (χ4v) is 2.27. The van der Waals surface area contributed by atoms with Gasteiger partial charge in [-0.25, -0.2) is 4.68 Å². The molecule has 0 saturated heterocycles. The van der Waals surface area contributed by atoms with Crippen molar-refractivity contribution in [3.8, 4) is 17.2 Å². The first-order chi connectivity index (χ1) is 11.8. The molecule has 24 heavy (non-hydrogen) atoms. The third kappa shape index (κ3) is 3.43. The molecule has 0 aliphatic rings. The van der Waals surface area contributed by atoms with Crippen LogP contribution in [0.5, 0.6) is 11.5 Å². The average Bonchev–Trinajstić information content (AvgIpc) is 3.10. The number of rotatable bonds is 7. The number of ether oxygens (including phenoxy) is 2. The molecular formula is C18H17N3O3. The summed E-state index contributed by atoms with van der Waals surface area (Å²) in [6, 6.07) is 14.9. The summed E-state index contributed by atoms with van der Waals surface area (Å²) in [5.74, 6) is 0.959. The number of carbonyl (C=O) groups excluding carboxylic acids is 1. The molecule has 122 valence electrons. The van der Waals surface area contributed by atoms with E-state index in [4.69, 9.17) is 9.47 Å². The van der Waals surface area contributed by atoms with E-state index in [0.29, 0.717) is 29.4 Å². The minimum absolute atomic E-state index is 0.192. The molecule has 0 spiro atoms. The number of carbonyl (C=O) groups is 1. The number of hydrogen-bond acceptors (Lipinski definition) is 5. The number of aldehydes is 1. The van der Waals surface area contributed by atoms with Crippen molar-refractivity contribution >= 4 is 6.29 Å². The lowest BCUT2D eigenvalue weighted by Crippen LogP contribution is -2.02. The molecule has 0 unspecified atom stereocenters. The van der Waals surface area contributed by atoms with E-state index in [9.17, 15) is 4.79 Å². The minimum Gasteiger partial charge on any atom is -0.490 e. The van der Waals surface area contributed by atoms with Crippen LogP contribution in [0.1, 0.15) is 23.0 Å². The molecule has 0 aliphatic carbocycles. The van der Waals surface area contributed by atoms with E-state index in [1.54, 1.807) is 29.1 Å². The van der Waals surface area contributed by atoms with Crippen LogP contribution in [-0.2, 0) is 6.61 Å². The van der Waals surface area contributed by atoms with E-state index in [0.717, 1.165) is 12.0 Å². The molecule has 6 nitrogen and oxygen atoms in total. The van der Waals surface area contributed by atoms with Gasteiger partial charge in [-0.05, 0) is 31.2 Å². The molecule has 6 heteroatoms. The number of nitrogens with zero attached hydrogens (tertiary/aromatic N) is 3. The molecule has 0 N–H and O–H groups in total. The Hall–Kier alpha value is -3.15. The monoisotopic (exact) mass is 323 g/mol. The number of hydrogen-bond donors (Lipinski definition) is 0. The lowest BCUT2D eigenvalue weighted by molar-refractivity contribution is 0.111. The van der Waals surface area contributed by atoms with E-state index >= 15 is 0 Å². The van der Waals surface area contributed by atoms with Crippen molar-refractivity contribution in [2.45, 2.75) is 13.5 Å². The van der Waals surface area contributed by atoms with E-state index in [1.165, 1.54) is 0 Å². The second-order valence-electron chi connectivity index (χ2n) is 5.00. The SMILES string of the molecule is CCOc1cccc(C=O)c1OCc1cn(-c2ccccc2)nn1. The molecule has 2 aromatic carbocycles. The van der Waals surface area contributed by atoms with Crippen LogP contribution in [0, 0.1) is 0 Å².